The molecule has 9 heteroatoms. The Balaban J connectivity index is 1.84. The van der Waals surface area contributed by atoms with Crippen molar-refractivity contribution >= 4 is 19.9 Å². The fourth-order valence-corrected chi connectivity index (χ4v) is 5.19. The molecule has 1 atom stereocenters. The normalized spacial score (nSPS) is 26.8. The smallest absolute Gasteiger partial charge is 0.244 e. The number of nitrogens with zero attached hydrogens (tertiary/aromatic N) is 2. The molecule has 1 spiro atoms. The number of hydrogen-bond acceptors (Lipinski definition) is 6. The van der Waals surface area contributed by atoms with E-state index in [0.717, 1.165) is 38.4 Å². The highest BCUT2D eigenvalue weighted by Crippen LogP contribution is 2.38. The van der Waals surface area contributed by atoms with Crippen molar-refractivity contribution in [1.82, 2.24) is 14.6 Å². The average molecular weight is 345 g/mol. The number of sulfonamides is 1. The van der Waals surface area contributed by atoms with E-state index in [1.807, 2.05) is 0 Å². The molecule has 3 heterocycles. The molecule has 0 amide bonds. The quantitative estimate of drug-likeness (QED) is 0.819. The second-order valence-corrected chi connectivity index (χ2v) is 10.0. The van der Waals surface area contributed by atoms with Crippen molar-refractivity contribution in [1.29, 1.82) is 0 Å². The van der Waals surface area contributed by atoms with E-state index in [1.54, 1.807) is 0 Å². The zero-order valence-electron chi connectivity index (χ0n) is 12.3. The van der Waals surface area contributed by atoms with Crippen LogP contribution in [0.3, 0.4) is 0 Å². The molecule has 1 unspecified atom stereocenters. The number of aromatic nitrogens is 1. The molecule has 1 aromatic rings. The van der Waals surface area contributed by atoms with Gasteiger partial charge < -0.3 is 5.32 Å². The van der Waals surface area contributed by atoms with Gasteiger partial charge in [0, 0.05) is 32.1 Å². The van der Waals surface area contributed by atoms with Gasteiger partial charge in [-0.1, -0.05) is 0 Å². The first-order valence-corrected chi connectivity index (χ1v) is 10.4. The van der Waals surface area contributed by atoms with Crippen LogP contribution in [-0.2, 0) is 19.9 Å². The van der Waals surface area contributed by atoms with Gasteiger partial charge in [-0.3, -0.25) is 0 Å². The van der Waals surface area contributed by atoms with Crippen molar-refractivity contribution in [2.75, 3.05) is 32.4 Å². The van der Waals surface area contributed by atoms with E-state index in [0.29, 0.717) is 13.1 Å². The lowest BCUT2D eigenvalue weighted by molar-refractivity contribution is 0.338. The minimum absolute atomic E-state index is 0.0444. The van der Waals surface area contributed by atoms with Crippen molar-refractivity contribution in [2.24, 2.45) is 5.41 Å². The van der Waals surface area contributed by atoms with Gasteiger partial charge in [0.15, 0.2) is 14.9 Å². The maximum Gasteiger partial charge on any atom is 0.244 e. The Morgan fingerprint density at radius 1 is 1.23 bits per heavy atom. The van der Waals surface area contributed by atoms with Crippen LogP contribution >= 0.6 is 0 Å². The summed E-state index contributed by atoms with van der Waals surface area (Å²) in [6.07, 6.45) is 4.02. The molecule has 3 rings (SSSR count). The summed E-state index contributed by atoms with van der Waals surface area (Å²) in [5.41, 5.74) is 0.0488. The number of pyridine rings is 1. The predicted octanol–water partition coefficient (Wildman–Crippen LogP) is -0.141. The van der Waals surface area contributed by atoms with Crippen LogP contribution in [0.25, 0.3) is 0 Å². The van der Waals surface area contributed by atoms with Crippen molar-refractivity contribution in [3.8, 4) is 0 Å². The van der Waals surface area contributed by atoms with Gasteiger partial charge in [0.2, 0.25) is 10.0 Å². The molecule has 2 saturated heterocycles. The zero-order chi connectivity index (χ0) is 16.0. The van der Waals surface area contributed by atoms with Crippen LogP contribution in [0.15, 0.2) is 28.3 Å². The summed E-state index contributed by atoms with van der Waals surface area (Å²) in [4.78, 5) is 3.81. The third-order valence-corrected chi connectivity index (χ3v) is 7.29. The molecule has 1 N–H and O–H groups in total. The maximum atomic E-state index is 12.7. The van der Waals surface area contributed by atoms with Crippen molar-refractivity contribution in [3.05, 3.63) is 18.3 Å². The molecule has 0 aromatic carbocycles. The van der Waals surface area contributed by atoms with Gasteiger partial charge in [0.05, 0.1) is 0 Å². The van der Waals surface area contributed by atoms with E-state index >= 15 is 0 Å². The van der Waals surface area contributed by atoms with E-state index in [1.165, 1.54) is 16.4 Å². The van der Waals surface area contributed by atoms with Crippen molar-refractivity contribution in [2.45, 2.75) is 22.8 Å². The van der Waals surface area contributed by atoms with Crippen LogP contribution in [0.2, 0.25) is 0 Å². The minimum atomic E-state index is -3.62. The lowest BCUT2D eigenvalue weighted by Crippen LogP contribution is -2.33. The monoisotopic (exact) mass is 345 g/mol. The Morgan fingerprint density at radius 2 is 2.00 bits per heavy atom. The number of hydrogen-bond donors (Lipinski definition) is 1. The van der Waals surface area contributed by atoms with E-state index < -0.39 is 19.9 Å². The first kappa shape index (κ1) is 15.9. The zero-order valence-corrected chi connectivity index (χ0v) is 14.0. The van der Waals surface area contributed by atoms with Gasteiger partial charge in [-0.25, -0.2) is 21.8 Å². The molecule has 0 bridgehead atoms. The van der Waals surface area contributed by atoms with Crippen LogP contribution in [0.1, 0.15) is 12.8 Å². The van der Waals surface area contributed by atoms with E-state index in [4.69, 9.17) is 0 Å². The van der Waals surface area contributed by atoms with E-state index in [2.05, 4.69) is 10.3 Å². The van der Waals surface area contributed by atoms with Gasteiger partial charge in [0.25, 0.3) is 0 Å². The summed E-state index contributed by atoms with van der Waals surface area (Å²) < 4.78 is 49.6. The molecule has 0 saturated carbocycles. The van der Waals surface area contributed by atoms with E-state index in [-0.39, 0.29) is 15.3 Å². The first-order chi connectivity index (χ1) is 10.2. The molecule has 0 aliphatic carbocycles. The van der Waals surface area contributed by atoms with Crippen LogP contribution in [0.5, 0.6) is 0 Å². The van der Waals surface area contributed by atoms with Crippen molar-refractivity contribution in [3.63, 3.8) is 0 Å². The molecule has 2 fully saturated rings. The Hall–Kier alpha value is -1.03. The summed E-state index contributed by atoms with van der Waals surface area (Å²) >= 11 is 0. The lowest BCUT2D eigenvalue weighted by atomic mass is 9.87. The first-order valence-electron chi connectivity index (χ1n) is 7.10. The van der Waals surface area contributed by atoms with Gasteiger partial charge in [-0.2, -0.15) is 4.31 Å². The highest BCUT2D eigenvalue weighted by molar-refractivity contribution is 7.90. The maximum absolute atomic E-state index is 12.7. The van der Waals surface area contributed by atoms with Crippen LogP contribution in [0.4, 0.5) is 0 Å². The van der Waals surface area contributed by atoms with Crippen molar-refractivity contribution < 1.29 is 16.8 Å². The standard InChI is InChI=1S/C13H19N3O4S2/c1-21(17,18)12-3-2-11(8-15-12)22(19,20)16-7-5-13(10-16)4-6-14-9-13/h2-3,8,14H,4-7,9-10H2,1H3. The Labute approximate surface area is 130 Å². The fourth-order valence-electron chi connectivity index (χ4n) is 3.13. The summed E-state index contributed by atoms with van der Waals surface area (Å²) in [6, 6.07) is 2.56. The Kier molecular flexibility index (Phi) is 3.79. The third-order valence-electron chi connectivity index (χ3n) is 4.46. The summed E-state index contributed by atoms with van der Waals surface area (Å²) in [7, 11) is -7.05. The second kappa shape index (κ2) is 5.26. The number of nitrogens with one attached hydrogen (secondary N) is 1. The number of sulfone groups is 1. The van der Waals surface area contributed by atoms with Gasteiger partial charge in [-0.05, 0) is 36.9 Å². The molecule has 1 aromatic heterocycles. The molecular formula is C13H19N3O4S2. The number of rotatable bonds is 3. The molecular weight excluding hydrogens is 326 g/mol. The average Bonchev–Trinajstić information content (AvgIpc) is 3.09. The molecule has 0 radical (unpaired) electrons. The highest BCUT2D eigenvalue weighted by Gasteiger charge is 2.44. The molecule has 22 heavy (non-hydrogen) atoms. The lowest BCUT2D eigenvalue weighted by Gasteiger charge is -2.22. The summed E-state index contributed by atoms with van der Waals surface area (Å²) in [5, 5.41) is 3.17. The van der Waals surface area contributed by atoms with Crippen LogP contribution in [0, 0.1) is 5.41 Å². The van der Waals surface area contributed by atoms with Crippen LogP contribution in [-0.4, -0.2) is 58.6 Å². The van der Waals surface area contributed by atoms with E-state index in [9.17, 15) is 16.8 Å². The van der Waals surface area contributed by atoms with Gasteiger partial charge >= 0.3 is 0 Å². The molecule has 122 valence electrons. The summed E-state index contributed by atoms with van der Waals surface area (Å²) in [5.74, 6) is 0. The van der Waals surface area contributed by atoms with Crippen LogP contribution < -0.4 is 5.32 Å². The molecule has 2 aliphatic rings. The Bertz CT molecular complexity index is 766. The molecule has 2 aliphatic heterocycles. The van der Waals surface area contributed by atoms with Gasteiger partial charge in [0.1, 0.15) is 4.90 Å². The molecule has 7 nitrogen and oxygen atoms in total. The third kappa shape index (κ3) is 2.78. The topological polar surface area (TPSA) is 96.4 Å². The fraction of sp³-hybridized carbons (Fsp3) is 0.615. The largest absolute Gasteiger partial charge is 0.316 e. The highest BCUT2D eigenvalue weighted by atomic mass is 32.2. The second-order valence-electron chi connectivity index (χ2n) is 6.12. The minimum Gasteiger partial charge on any atom is -0.316 e. The Morgan fingerprint density at radius 3 is 2.55 bits per heavy atom. The predicted molar refractivity (Wildman–Crippen MR) is 80.6 cm³/mol. The van der Waals surface area contributed by atoms with Gasteiger partial charge in [-0.15, -0.1) is 0 Å². The summed E-state index contributed by atoms with van der Waals surface area (Å²) in [6.45, 7) is 2.79. The SMILES string of the molecule is CS(=O)(=O)c1ccc(S(=O)(=O)N2CCC3(CCNC3)C2)cn1.